The van der Waals surface area contributed by atoms with E-state index in [1.807, 2.05) is 65.2 Å². The summed E-state index contributed by atoms with van der Waals surface area (Å²) in [5.41, 5.74) is 2.86. The number of para-hydroxylation sites is 2. The van der Waals surface area contributed by atoms with Crippen LogP contribution in [0.5, 0.6) is 0 Å². The molecule has 0 aliphatic rings. The Morgan fingerprint density at radius 2 is 1.66 bits per heavy atom. The molecule has 6 nitrogen and oxygen atoms in total. The van der Waals surface area contributed by atoms with E-state index in [-0.39, 0.29) is 18.4 Å². The van der Waals surface area contributed by atoms with Crippen LogP contribution in [0, 0.1) is 0 Å². The van der Waals surface area contributed by atoms with Crippen LogP contribution < -0.4 is 5.32 Å². The molecule has 2 aromatic carbocycles. The van der Waals surface area contributed by atoms with Crippen LogP contribution in [0.15, 0.2) is 86.0 Å². The van der Waals surface area contributed by atoms with E-state index in [0.717, 1.165) is 48.1 Å². The minimum atomic E-state index is -0.0854. The molecule has 3 rings (SSSR count). The standard InChI is InChI=1S/C29H34N4O2/c1-3-21-32(22-4-2)29(35)23-33-26-16-11-10-15-25(26)31-27(33)17-9-6-12-20-30-28(34)19-18-24-13-7-5-8-14-24/h3-5,7-8,10-11,13-16,18-19H,1-2,6,9,12,17,20-23H2,(H,30,34)/b19-18+. The first-order chi connectivity index (χ1) is 17.1. The number of aromatic nitrogens is 2. The van der Waals surface area contributed by atoms with Crippen LogP contribution in [-0.4, -0.2) is 45.9 Å². The Kier molecular flexibility index (Phi) is 10.1. The number of rotatable bonds is 14. The maximum Gasteiger partial charge on any atom is 0.243 e. The maximum atomic E-state index is 12.9. The zero-order valence-electron chi connectivity index (χ0n) is 20.2. The summed E-state index contributed by atoms with van der Waals surface area (Å²) in [6.07, 6.45) is 10.4. The molecule has 0 atom stereocenters. The minimum Gasteiger partial charge on any atom is -0.353 e. The highest BCUT2D eigenvalue weighted by Gasteiger charge is 2.17. The van der Waals surface area contributed by atoms with Crippen LogP contribution in [0.3, 0.4) is 0 Å². The van der Waals surface area contributed by atoms with Gasteiger partial charge < -0.3 is 14.8 Å². The van der Waals surface area contributed by atoms with Gasteiger partial charge in [-0.15, -0.1) is 13.2 Å². The minimum absolute atomic E-state index is 0.0143. The third-order valence-electron chi connectivity index (χ3n) is 5.68. The van der Waals surface area contributed by atoms with Crippen molar-refractivity contribution in [3.8, 4) is 0 Å². The highest BCUT2D eigenvalue weighted by Crippen LogP contribution is 2.18. The van der Waals surface area contributed by atoms with E-state index in [0.29, 0.717) is 19.6 Å². The predicted molar refractivity (Wildman–Crippen MR) is 143 cm³/mol. The van der Waals surface area contributed by atoms with Crippen molar-refractivity contribution in [3.63, 3.8) is 0 Å². The zero-order chi connectivity index (χ0) is 24.9. The van der Waals surface area contributed by atoms with Gasteiger partial charge >= 0.3 is 0 Å². The number of hydrogen-bond donors (Lipinski definition) is 1. The molecular formula is C29H34N4O2. The fraction of sp³-hybridized carbons (Fsp3) is 0.276. The molecule has 2 amide bonds. The highest BCUT2D eigenvalue weighted by molar-refractivity contribution is 5.91. The number of hydrogen-bond acceptors (Lipinski definition) is 3. The number of benzene rings is 2. The van der Waals surface area contributed by atoms with Gasteiger partial charge in [0, 0.05) is 32.1 Å². The van der Waals surface area contributed by atoms with Gasteiger partial charge in [-0.05, 0) is 36.6 Å². The molecule has 3 aromatic rings. The van der Waals surface area contributed by atoms with Crippen molar-refractivity contribution in [3.05, 3.63) is 97.4 Å². The molecule has 0 bridgehead atoms. The van der Waals surface area contributed by atoms with Gasteiger partial charge in [0.05, 0.1) is 11.0 Å². The molecule has 0 unspecified atom stereocenters. The molecule has 0 radical (unpaired) electrons. The zero-order valence-corrected chi connectivity index (χ0v) is 20.2. The van der Waals surface area contributed by atoms with Crippen molar-refractivity contribution >= 4 is 28.9 Å². The number of unbranched alkanes of at least 4 members (excludes halogenated alkanes) is 2. The van der Waals surface area contributed by atoms with Crippen molar-refractivity contribution < 1.29 is 9.59 Å². The summed E-state index contributed by atoms with van der Waals surface area (Å²) in [7, 11) is 0. The number of fused-ring (bicyclic) bond motifs is 1. The van der Waals surface area contributed by atoms with Crippen molar-refractivity contribution in [2.45, 2.75) is 32.2 Å². The summed E-state index contributed by atoms with van der Waals surface area (Å²) >= 11 is 0. The summed E-state index contributed by atoms with van der Waals surface area (Å²) in [6.45, 7) is 9.34. The molecule has 6 heteroatoms. The Bertz CT molecular complexity index is 1150. The molecular weight excluding hydrogens is 436 g/mol. The van der Waals surface area contributed by atoms with Gasteiger partial charge in [-0.1, -0.05) is 61.0 Å². The largest absolute Gasteiger partial charge is 0.353 e. The van der Waals surface area contributed by atoms with E-state index in [1.165, 1.54) is 0 Å². The van der Waals surface area contributed by atoms with Crippen LogP contribution in [0.25, 0.3) is 17.1 Å². The number of carbonyl (C=O) groups excluding carboxylic acids is 2. The number of aryl methyl sites for hydroxylation is 1. The van der Waals surface area contributed by atoms with Gasteiger partial charge in [0.2, 0.25) is 11.8 Å². The molecule has 0 aliphatic carbocycles. The average Bonchev–Trinajstić information content (AvgIpc) is 3.22. The van der Waals surface area contributed by atoms with E-state index in [4.69, 9.17) is 4.98 Å². The first-order valence-corrected chi connectivity index (χ1v) is 12.1. The second-order valence-corrected chi connectivity index (χ2v) is 8.32. The summed E-state index contributed by atoms with van der Waals surface area (Å²) in [6, 6.07) is 17.7. The second kappa shape index (κ2) is 13.7. The molecule has 182 valence electrons. The average molecular weight is 471 g/mol. The van der Waals surface area contributed by atoms with Crippen LogP contribution in [0.1, 0.15) is 30.7 Å². The SMILES string of the molecule is C=CCN(CC=C)C(=O)Cn1c(CCCCCNC(=O)/C=C/c2ccccc2)nc2ccccc21. The molecule has 1 aromatic heterocycles. The Hall–Kier alpha value is -3.93. The predicted octanol–water partition coefficient (Wildman–Crippen LogP) is 4.78. The molecule has 0 fully saturated rings. The fourth-order valence-corrected chi connectivity index (χ4v) is 3.91. The lowest BCUT2D eigenvalue weighted by Gasteiger charge is -2.20. The molecule has 0 spiro atoms. The summed E-state index contributed by atoms with van der Waals surface area (Å²) in [5.74, 6) is 0.838. The van der Waals surface area contributed by atoms with Crippen molar-refractivity contribution in [2.24, 2.45) is 0 Å². The van der Waals surface area contributed by atoms with Crippen LogP contribution >= 0.6 is 0 Å². The van der Waals surface area contributed by atoms with Crippen LogP contribution in [-0.2, 0) is 22.6 Å². The first kappa shape index (κ1) is 25.7. The summed E-state index contributed by atoms with van der Waals surface area (Å²) in [4.78, 5) is 31.5. The quantitative estimate of drug-likeness (QED) is 0.209. The summed E-state index contributed by atoms with van der Waals surface area (Å²) in [5, 5.41) is 2.93. The molecule has 0 aliphatic heterocycles. The first-order valence-electron chi connectivity index (χ1n) is 12.1. The summed E-state index contributed by atoms with van der Waals surface area (Å²) < 4.78 is 2.02. The normalized spacial score (nSPS) is 11.0. The van der Waals surface area contributed by atoms with Crippen LogP contribution in [0.2, 0.25) is 0 Å². The number of nitrogens with zero attached hydrogens (tertiary/aromatic N) is 3. The lowest BCUT2D eigenvalue weighted by molar-refractivity contribution is -0.130. The lowest BCUT2D eigenvalue weighted by atomic mass is 10.2. The van der Waals surface area contributed by atoms with E-state index in [9.17, 15) is 9.59 Å². The number of nitrogens with one attached hydrogen (secondary N) is 1. The van der Waals surface area contributed by atoms with Gasteiger partial charge in [0.15, 0.2) is 0 Å². The molecule has 1 N–H and O–H groups in total. The molecule has 0 saturated carbocycles. The smallest absolute Gasteiger partial charge is 0.243 e. The molecule has 0 saturated heterocycles. The van der Waals surface area contributed by atoms with E-state index in [1.54, 1.807) is 23.1 Å². The third kappa shape index (κ3) is 7.81. The second-order valence-electron chi connectivity index (χ2n) is 8.32. The highest BCUT2D eigenvalue weighted by atomic mass is 16.2. The van der Waals surface area contributed by atoms with Crippen molar-refractivity contribution in [2.75, 3.05) is 19.6 Å². The van der Waals surface area contributed by atoms with E-state index < -0.39 is 0 Å². The van der Waals surface area contributed by atoms with Gasteiger partial charge in [-0.3, -0.25) is 9.59 Å². The van der Waals surface area contributed by atoms with E-state index >= 15 is 0 Å². The Morgan fingerprint density at radius 1 is 0.943 bits per heavy atom. The van der Waals surface area contributed by atoms with Crippen LogP contribution in [0.4, 0.5) is 0 Å². The topological polar surface area (TPSA) is 67.2 Å². The Balaban J connectivity index is 1.51. The maximum absolute atomic E-state index is 12.9. The van der Waals surface area contributed by atoms with Gasteiger partial charge in [-0.2, -0.15) is 0 Å². The van der Waals surface area contributed by atoms with Gasteiger partial charge in [-0.25, -0.2) is 4.98 Å². The monoisotopic (exact) mass is 470 g/mol. The van der Waals surface area contributed by atoms with Gasteiger partial charge in [0.25, 0.3) is 0 Å². The number of carbonyl (C=O) groups is 2. The van der Waals surface area contributed by atoms with Gasteiger partial charge in [0.1, 0.15) is 12.4 Å². The number of amides is 2. The Morgan fingerprint density at radius 3 is 2.40 bits per heavy atom. The lowest BCUT2D eigenvalue weighted by Crippen LogP contribution is -2.34. The van der Waals surface area contributed by atoms with Crippen molar-refractivity contribution in [1.29, 1.82) is 0 Å². The molecule has 1 heterocycles. The fourth-order valence-electron chi connectivity index (χ4n) is 3.91. The molecule has 35 heavy (non-hydrogen) atoms. The number of imidazole rings is 1. The van der Waals surface area contributed by atoms with E-state index in [2.05, 4.69) is 18.5 Å². The Labute approximate surface area is 207 Å². The van der Waals surface area contributed by atoms with Crippen molar-refractivity contribution in [1.82, 2.24) is 19.8 Å². The third-order valence-corrected chi connectivity index (χ3v) is 5.68.